The molecule has 4 rings (SSSR count). The van der Waals surface area contributed by atoms with Crippen LogP contribution in [0.1, 0.15) is 38.2 Å². The second-order valence-corrected chi connectivity index (χ2v) is 9.00. The number of rotatable bonds is 3. The van der Waals surface area contributed by atoms with E-state index >= 15 is 0 Å². The van der Waals surface area contributed by atoms with Gasteiger partial charge in [-0.3, -0.25) is 9.59 Å². The Morgan fingerprint density at radius 3 is 2.74 bits per heavy atom. The molecular weight excluding hydrogens is 430 g/mol. The van der Waals surface area contributed by atoms with Crippen molar-refractivity contribution >= 4 is 22.8 Å². The van der Waals surface area contributed by atoms with Gasteiger partial charge in [0.1, 0.15) is 31.2 Å². The molecule has 0 amide bonds. The first-order valence-electron chi connectivity index (χ1n) is 9.52. The third-order valence-corrected chi connectivity index (χ3v) is 7.03. The highest BCUT2D eigenvalue weighted by Crippen LogP contribution is 2.47. The van der Waals surface area contributed by atoms with E-state index < -0.39 is 0 Å². The Hall–Kier alpha value is -0.890. The lowest BCUT2D eigenvalue weighted by Gasteiger charge is -2.40. The minimum absolute atomic E-state index is 0. The molecule has 0 spiro atoms. The fraction of sp³-hybridized carbons (Fsp3) is 0.600. The number of esters is 1. The summed E-state index contributed by atoms with van der Waals surface area (Å²) in [4.78, 5) is 31.2. The predicted octanol–water partition coefficient (Wildman–Crippen LogP) is 0.0851. The molecule has 3 aliphatic heterocycles. The first-order valence-corrected chi connectivity index (χ1v) is 10.4. The molecule has 3 fully saturated rings. The molecule has 1 aromatic rings. The molecule has 3 heterocycles. The number of cyclic esters (lactones) is 1. The molecule has 0 aliphatic carbocycles. The third kappa shape index (κ3) is 4.11. The van der Waals surface area contributed by atoms with E-state index in [0.717, 1.165) is 32.4 Å². The lowest BCUT2D eigenvalue weighted by Crippen LogP contribution is -3.00. The van der Waals surface area contributed by atoms with Crippen molar-refractivity contribution in [1.82, 2.24) is 0 Å². The molecule has 0 N–H and O–H groups in total. The molecule has 7 heteroatoms. The highest BCUT2D eigenvalue weighted by Gasteiger charge is 2.63. The number of nitrogens with zero attached hydrogens (tertiary/aromatic N) is 1. The maximum Gasteiger partial charge on any atom is 0.318 e. The monoisotopic (exact) mass is 455 g/mol. The molecule has 27 heavy (non-hydrogen) atoms. The van der Waals surface area contributed by atoms with Gasteiger partial charge in [0.15, 0.2) is 5.12 Å². The SMILES string of the molecule is CC(=O)S[C@H]1CCOC(=O)[C@H]2[C@@H]1O[N+]1(Cc3ccccc3)CCCC[C@H]21.[Br-]. The second-order valence-electron chi connectivity index (χ2n) is 7.58. The first kappa shape index (κ1) is 20.8. The molecule has 5 nitrogen and oxygen atoms in total. The highest BCUT2D eigenvalue weighted by molar-refractivity contribution is 8.14. The van der Waals surface area contributed by atoms with Gasteiger partial charge in [0.2, 0.25) is 0 Å². The summed E-state index contributed by atoms with van der Waals surface area (Å²) in [5.74, 6) is -0.403. The predicted molar refractivity (Wildman–Crippen MR) is 98.9 cm³/mol. The van der Waals surface area contributed by atoms with E-state index in [0.29, 0.717) is 17.7 Å². The van der Waals surface area contributed by atoms with Gasteiger partial charge in [-0.25, -0.2) is 0 Å². The van der Waals surface area contributed by atoms with Gasteiger partial charge in [-0.1, -0.05) is 42.1 Å². The molecule has 0 saturated carbocycles. The van der Waals surface area contributed by atoms with Crippen LogP contribution in [0.5, 0.6) is 0 Å². The van der Waals surface area contributed by atoms with Crippen LogP contribution in [-0.4, -0.2) is 46.3 Å². The van der Waals surface area contributed by atoms with Crippen LogP contribution >= 0.6 is 11.8 Å². The molecule has 0 bridgehead atoms. The van der Waals surface area contributed by atoms with E-state index in [1.54, 1.807) is 6.92 Å². The van der Waals surface area contributed by atoms with Gasteiger partial charge in [-0.15, -0.1) is 0 Å². The fourth-order valence-electron chi connectivity index (χ4n) is 4.86. The number of ether oxygens (including phenoxy) is 1. The van der Waals surface area contributed by atoms with Crippen molar-refractivity contribution in [3.63, 3.8) is 0 Å². The van der Waals surface area contributed by atoms with Gasteiger partial charge in [0.05, 0.1) is 6.61 Å². The summed E-state index contributed by atoms with van der Waals surface area (Å²) in [5.41, 5.74) is 1.22. The molecule has 3 saturated heterocycles. The Morgan fingerprint density at radius 2 is 2.00 bits per heavy atom. The zero-order valence-corrected chi connectivity index (χ0v) is 17.9. The number of fused-ring (bicyclic) bond motifs is 3. The van der Waals surface area contributed by atoms with Crippen LogP contribution in [-0.2, 0) is 25.7 Å². The lowest BCUT2D eigenvalue weighted by atomic mass is 9.86. The topological polar surface area (TPSA) is 52.6 Å². The number of hydrogen-bond acceptors (Lipinski definition) is 5. The number of hydrogen-bond donors (Lipinski definition) is 0. The summed E-state index contributed by atoms with van der Waals surface area (Å²) in [6.07, 6.45) is 3.62. The third-order valence-electron chi connectivity index (χ3n) is 5.89. The van der Waals surface area contributed by atoms with E-state index in [2.05, 4.69) is 12.1 Å². The summed E-state index contributed by atoms with van der Waals surface area (Å²) in [5, 5.41) is 0.0616. The van der Waals surface area contributed by atoms with E-state index in [1.165, 1.54) is 17.3 Å². The lowest BCUT2D eigenvalue weighted by molar-refractivity contribution is -1.12. The average Bonchev–Trinajstić information content (AvgIpc) is 2.88. The van der Waals surface area contributed by atoms with E-state index in [-0.39, 0.29) is 51.4 Å². The second kappa shape index (κ2) is 8.64. The zero-order valence-electron chi connectivity index (χ0n) is 15.5. The quantitative estimate of drug-likeness (QED) is 0.477. The molecule has 0 radical (unpaired) electrons. The van der Waals surface area contributed by atoms with Crippen molar-refractivity contribution in [3.05, 3.63) is 35.9 Å². The average molecular weight is 456 g/mol. The van der Waals surface area contributed by atoms with Crippen molar-refractivity contribution in [2.24, 2.45) is 5.92 Å². The first-order chi connectivity index (χ1) is 12.6. The summed E-state index contributed by atoms with van der Waals surface area (Å²) in [7, 11) is 0. The number of piperidine rings is 1. The largest absolute Gasteiger partial charge is 1.00 e. The summed E-state index contributed by atoms with van der Waals surface area (Å²) < 4.78 is 6.02. The normalized spacial score (nSPS) is 35.2. The van der Waals surface area contributed by atoms with Gasteiger partial charge < -0.3 is 21.7 Å². The maximum absolute atomic E-state index is 12.8. The molecule has 1 unspecified atom stereocenters. The van der Waals surface area contributed by atoms with Crippen LogP contribution in [0.2, 0.25) is 0 Å². The summed E-state index contributed by atoms with van der Waals surface area (Å²) in [6.45, 7) is 3.65. The minimum Gasteiger partial charge on any atom is -1.00 e. The smallest absolute Gasteiger partial charge is 0.318 e. The van der Waals surface area contributed by atoms with Gasteiger partial charge in [0.25, 0.3) is 0 Å². The van der Waals surface area contributed by atoms with Crippen LogP contribution in [0.3, 0.4) is 0 Å². The Morgan fingerprint density at radius 1 is 1.22 bits per heavy atom. The number of carbonyl (C=O) groups is 2. The van der Waals surface area contributed by atoms with Gasteiger partial charge >= 0.3 is 5.97 Å². The Balaban J connectivity index is 0.00000210. The Bertz CT molecular complexity index is 688. The van der Waals surface area contributed by atoms with Crippen molar-refractivity contribution in [2.75, 3.05) is 13.2 Å². The molecule has 0 aromatic heterocycles. The highest BCUT2D eigenvalue weighted by atomic mass is 79.9. The Kier molecular flexibility index (Phi) is 6.66. The number of halogens is 1. The van der Waals surface area contributed by atoms with E-state index in [4.69, 9.17) is 9.57 Å². The van der Waals surface area contributed by atoms with Crippen LogP contribution in [0, 0.1) is 5.92 Å². The van der Waals surface area contributed by atoms with Crippen LogP contribution in [0.25, 0.3) is 0 Å². The fourth-order valence-corrected chi connectivity index (χ4v) is 5.85. The maximum atomic E-state index is 12.8. The van der Waals surface area contributed by atoms with Crippen molar-refractivity contribution in [2.45, 2.75) is 56.5 Å². The van der Waals surface area contributed by atoms with Gasteiger partial charge in [0, 0.05) is 24.2 Å². The molecule has 3 aliphatic rings. The van der Waals surface area contributed by atoms with Crippen molar-refractivity contribution < 1.29 is 40.8 Å². The summed E-state index contributed by atoms with van der Waals surface area (Å²) in [6, 6.07) is 10.5. The standard InChI is InChI=1S/C20H26NO4S.BrH/c1-14(22)26-17-10-12-24-20(23)18-16-9-5-6-11-21(16,25-19(17)18)13-15-7-3-2-4-8-15;/h2-4,7-8,16-19H,5-6,9-13H2,1H3;1H/q+1;/p-1/t16-,17+,18-,19-,21?;/m1./s1. The Labute approximate surface area is 175 Å². The number of carbonyl (C=O) groups excluding carboxylic acids is 2. The van der Waals surface area contributed by atoms with Crippen molar-refractivity contribution in [3.8, 4) is 0 Å². The summed E-state index contributed by atoms with van der Waals surface area (Å²) >= 11 is 1.31. The van der Waals surface area contributed by atoms with Gasteiger partial charge in [-0.2, -0.15) is 9.48 Å². The van der Waals surface area contributed by atoms with Crippen LogP contribution < -0.4 is 17.0 Å². The number of thioether (sulfide) groups is 1. The molecule has 1 aromatic carbocycles. The van der Waals surface area contributed by atoms with Crippen molar-refractivity contribution in [1.29, 1.82) is 0 Å². The minimum atomic E-state index is -0.265. The van der Waals surface area contributed by atoms with Gasteiger partial charge in [-0.05, 0) is 19.3 Å². The molecular formula is C20H26BrNO4S. The van der Waals surface area contributed by atoms with Crippen LogP contribution in [0.15, 0.2) is 30.3 Å². The number of benzene rings is 1. The number of quaternary nitrogens is 1. The van der Waals surface area contributed by atoms with Crippen LogP contribution in [0.4, 0.5) is 0 Å². The zero-order chi connectivity index (χ0) is 18.1. The van der Waals surface area contributed by atoms with E-state index in [1.807, 2.05) is 18.2 Å². The molecule has 148 valence electrons. The van der Waals surface area contributed by atoms with E-state index in [9.17, 15) is 9.59 Å². The number of hydroxylamine groups is 3. The molecule has 5 atom stereocenters.